The van der Waals surface area contributed by atoms with E-state index in [-0.39, 0.29) is 19.0 Å². The van der Waals surface area contributed by atoms with Crippen molar-refractivity contribution in [2.75, 3.05) is 20.3 Å². The normalized spacial score (nSPS) is 11.0. The minimum absolute atomic E-state index is 0.225. The molecule has 0 radical (unpaired) electrons. The van der Waals surface area contributed by atoms with E-state index in [2.05, 4.69) is 10.1 Å². The van der Waals surface area contributed by atoms with Crippen LogP contribution in [0.4, 0.5) is 0 Å². The molecule has 0 aliphatic carbocycles. The number of methoxy groups -OCH3 is 1. The molecule has 0 spiro atoms. The number of thiophene rings is 2. The number of hydrogen-bond donors (Lipinski definition) is 1. The average molecular weight is 393 g/mol. The second-order valence-electron chi connectivity index (χ2n) is 5.16. The quantitative estimate of drug-likeness (QED) is 0.402. The molecular formula is C18H19NO5S2. The maximum Gasteiger partial charge on any atom is 0.340 e. The third kappa shape index (κ3) is 6.45. The van der Waals surface area contributed by atoms with Gasteiger partial charge in [0.2, 0.25) is 0 Å². The predicted molar refractivity (Wildman–Crippen MR) is 102 cm³/mol. The first-order valence-corrected chi connectivity index (χ1v) is 9.66. The molecule has 2 aromatic rings. The Morgan fingerprint density at radius 1 is 1.15 bits per heavy atom. The van der Waals surface area contributed by atoms with Crippen LogP contribution in [-0.2, 0) is 23.9 Å². The molecule has 2 aromatic heterocycles. The lowest BCUT2D eigenvalue weighted by molar-refractivity contribution is -0.142. The highest BCUT2D eigenvalue weighted by atomic mass is 32.1. The summed E-state index contributed by atoms with van der Waals surface area (Å²) in [6.07, 6.45) is 2.45. The van der Waals surface area contributed by atoms with E-state index >= 15 is 0 Å². The van der Waals surface area contributed by atoms with Crippen LogP contribution in [0.2, 0.25) is 0 Å². The van der Waals surface area contributed by atoms with Crippen molar-refractivity contribution in [1.82, 2.24) is 5.32 Å². The molecule has 0 unspecified atom stereocenters. The van der Waals surface area contributed by atoms with E-state index in [9.17, 15) is 14.4 Å². The summed E-state index contributed by atoms with van der Waals surface area (Å²) in [7, 11) is 1.31. The Kier molecular flexibility index (Phi) is 8.04. The summed E-state index contributed by atoms with van der Waals surface area (Å²) in [5, 5.41) is 6.39. The number of hydrogen-bond acceptors (Lipinski definition) is 7. The summed E-state index contributed by atoms with van der Waals surface area (Å²) in [6, 6.07) is 7.48. The Morgan fingerprint density at radius 3 is 2.58 bits per heavy atom. The van der Waals surface area contributed by atoms with Crippen LogP contribution in [0.1, 0.15) is 22.6 Å². The first kappa shape index (κ1) is 19.9. The zero-order chi connectivity index (χ0) is 18.8. The van der Waals surface area contributed by atoms with Crippen LogP contribution in [0.15, 0.2) is 35.0 Å². The van der Waals surface area contributed by atoms with Crippen molar-refractivity contribution in [1.29, 1.82) is 0 Å². The number of ether oxygens (including phenoxy) is 2. The summed E-state index contributed by atoms with van der Waals surface area (Å²) in [5.41, 5.74) is 0.418. The van der Waals surface area contributed by atoms with Crippen molar-refractivity contribution < 1.29 is 23.9 Å². The summed E-state index contributed by atoms with van der Waals surface area (Å²) < 4.78 is 9.65. The largest absolute Gasteiger partial charge is 0.469 e. The highest BCUT2D eigenvalue weighted by Gasteiger charge is 2.16. The molecule has 26 heavy (non-hydrogen) atoms. The number of esters is 2. The van der Waals surface area contributed by atoms with Gasteiger partial charge in [0, 0.05) is 22.7 Å². The summed E-state index contributed by atoms with van der Waals surface area (Å²) in [4.78, 5) is 36.9. The fourth-order valence-electron chi connectivity index (χ4n) is 2.00. The van der Waals surface area contributed by atoms with Gasteiger partial charge >= 0.3 is 11.9 Å². The number of rotatable bonds is 9. The fourth-order valence-corrected chi connectivity index (χ4v) is 3.39. The van der Waals surface area contributed by atoms with Crippen molar-refractivity contribution in [2.45, 2.75) is 12.8 Å². The molecule has 0 bridgehead atoms. The maximum atomic E-state index is 12.4. The Labute approximate surface area is 159 Å². The van der Waals surface area contributed by atoms with Crippen LogP contribution in [0, 0.1) is 0 Å². The van der Waals surface area contributed by atoms with Crippen LogP contribution in [0.3, 0.4) is 0 Å². The lowest BCUT2D eigenvalue weighted by Gasteiger charge is -2.08. The van der Waals surface area contributed by atoms with Gasteiger partial charge in [0.05, 0.1) is 12.7 Å². The molecule has 1 amide bonds. The Hall–Kier alpha value is -2.45. The molecule has 0 aromatic carbocycles. The van der Waals surface area contributed by atoms with Crippen LogP contribution in [0.25, 0.3) is 11.6 Å². The van der Waals surface area contributed by atoms with Crippen molar-refractivity contribution in [3.05, 3.63) is 44.8 Å². The Morgan fingerprint density at radius 2 is 1.92 bits per heavy atom. The molecule has 0 aliphatic heterocycles. The summed E-state index contributed by atoms with van der Waals surface area (Å²) in [5.74, 6) is -1.29. The van der Waals surface area contributed by atoms with Crippen LogP contribution in [-0.4, -0.2) is 38.1 Å². The zero-order valence-corrected chi connectivity index (χ0v) is 15.9. The van der Waals surface area contributed by atoms with Crippen molar-refractivity contribution in [3.63, 3.8) is 0 Å². The molecule has 0 aliphatic rings. The van der Waals surface area contributed by atoms with Gasteiger partial charge in [-0.15, -0.1) is 22.7 Å². The van der Waals surface area contributed by atoms with Gasteiger partial charge in [-0.1, -0.05) is 12.1 Å². The van der Waals surface area contributed by atoms with E-state index in [1.807, 2.05) is 35.0 Å². The Balaban J connectivity index is 1.86. The average Bonchev–Trinajstić information content (AvgIpc) is 3.34. The second-order valence-corrected chi connectivity index (χ2v) is 7.08. The van der Waals surface area contributed by atoms with E-state index < -0.39 is 11.9 Å². The number of amides is 1. The molecular weight excluding hydrogens is 374 g/mol. The predicted octanol–water partition coefficient (Wildman–Crippen LogP) is 2.96. The molecule has 0 atom stereocenters. The molecule has 0 fully saturated rings. The van der Waals surface area contributed by atoms with Gasteiger partial charge < -0.3 is 14.8 Å². The van der Waals surface area contributed by atoms with Crippen molar-refractivity contribution in [2.24, 2.45) is 0 Å². The molecule has 6 nitrogen and oxygen atoms in total. The van der Waals surface area contributed by atoms with E-state index in [0.29, 0.717) is 18.5 Å². The van der Waals surface area contributed by atoms with Gasteiger partial charge in [-0.05, 0) is 35.4 Å². The molecule has 1 N–H and O–H groups in total. The van der Waals surface area contributed by atoms with E-state index in [1.165, 1.54) is 29.8 Å². The lowest BCUT2D eigenvalue weighted by Crippen LogP contribution is -2.30. The number of nitrogens with one attached hydrogen (secondary N) is 1. The number of carbonyl (C=O) groups excluding carboxylic acids is 3. The van der Waals surface area contributed by atoms with Gasteiger partial charge in [-0.3, -0.25) is 9.59 Å². The van der Waals surface area contributed by atoms with E-state index in [0.717, 1.165) is 9.75 Å². The SMILES string of the molecule is COC(=O)CCCNC(=O)COC(=O)/C(=C/c1cccs1)c1cccs1. The third-order valence-corrected chi connectivity index (χ3v) is 5.00. The summed E-state index contributed by atoms with van der Waals surface area (Å²) in [6.45, 7) is -0.0570. The van der Waals surface area contributed by atoms with Gasteiger partial charge in [0.1, 0.15) is 0 Å². The Bertz CT molecular complexity index is 751. The molecule has 2 rings (SSSR count). The molecule has 0 saturated carbocycles. The lowest BCUT2D eigenvalue weighted by atomic mass is 10.2. The monoisotopic (exact) mass is 393 g/mol. The number of carbonyl (C=O) groups is 3. The topological polar surface area (TPSA) is 81.7 Å². The molecule has 138 valence electrons. The summed E-state index contributed by atoms with van der Waals surface area (Å²) >= 11 is 2.94. The smallest absolute Gasteiger partial charge is 0.340 e. The minimum Gasteiger partial charge on any atom is -0.469 e. The van der Waals surface area contributed by atoms with Gasteiger partial charge in [-0.2, -0.15) is 0 Å². The first-order chi connectivity index (χ1) is 12.6. The van der Waals surface area contributed by atoms with Gasteiger partial charge in [0.15, 0.2) is 6.61 Å². The molecule has 0 saturated heterocycles. The van der Waals surface area contributed by atoms with Crippen LogP contribution in [0.5, 0.6) is 0 Å². The van der Waals surface area contributed by atoms with Crippen LogP contribution >= 0.6 is 22.7 Å². The zero-order valence-electron chi connectivity index (χ0n) is 14.2. The standard InChI is InChI=1S/C18H19NO5S2/c1-23-17(21)7-2-8-19-16(20)12-24-18(22)14(15-6-4-10-26-15)11-13-5-3-9-25-13/h3-6,9-11H,2,7-8,12H2,1H3,(H,19,20)/b14-11+. The van der Waals surface area contributed by atoms with Crippen molar-refractivity contribution in [3.8, 4) is 0 Å². The second kappa shape index (κ2) is 10.5. The van der Waals surface area contributed by atoms with Gasteiger partial charge in [0.25, 0.3) is 5.91 Å². The fraction of sp³-hybridized carbons (Fsp3) is 0.278. The van der Waals surface area contributed by atoms with Crippen LogP contribution < -0.4 is 5.32 Å². The first-order valence-electron chi connectivity index (χ1n) is 7.90. The highest BCUT2D eigenvalue weighted by molar-refractivity contribution is 7.12. The minimum atomic E-state index is -0.550. The van der Waals surface area contributed by atoms with E-state index in [1.54, 1.807) is 6.08 Å². The van der Waals surface area contributed by atoms with Crippen molar-refractivity contribution >= 4 is 52.2 Å². The third-order valence-electron chi connectivity index (χ3n) is 3.28. The molecule has 2 heterocycles. The van der Waals surface area contributed by atoms with Gasteiger partial charge in [-0.25, -0.2) is 4.79 Å². The maximum absolute atomic E-state index is 12.4. The van der Waals surface area contributed by atoms with E-state index in [4.69, 9.17) is 4.74 Å². The highest BCUT2D eigenvalue weighted by Crippen LogP contribution is 2.25. The molecule has 8 heteroatoms.